The Hall–Kier alpha value is -0.370. The van der Waals surface area contributed by atoms with Crippen LogP contribution in [0.25, 0.3) is 10.1 Å². The van der Waals surface area contributed by atoms with E-state index in [0.717, 1.165) is 30.4 Å². The summed E-state index contributed by atoms with van der Waals surface area (Å²) >= 11 is 7.40. The van der Waals surface area contributed by atoms with E-state index >= 15 is 0 Å². The summed E-state index contributed by atoms with van der Waals surface area (Å²) in [7, 11) is -3.59. The van der Waals surface area contributed by atoms with E-state index in [9.17, 15) is 8.42 Å². The molecule has 0 bridgehead atoms. The summed E-state index contributed by atoms with van der Waals surface area (Å²) in [5, 5.41) is 2.87. The van der Waals surface area contributed by atoms with Gasteiger partial charge >= 0.3 is 0 Å². The normalized spacial score (nSPS) is 17.5. The fraction of sp³-hybridized carbons (Fsp3) is 0.429. The summed E-state index contributed by atoms with van der Waals surface area (Å²) < 4.78 is 29.2. The molecule has 1 aromatic heterocycles. The molecule has 2 aromatic rings. The van der Waals surface area contributed by atoms with Gasteiger partial charge in [-0.25, -0.2) is 13.1 Å². The lowest BCUT2D eigenvalue weighted by molar-refractivity contribution is 0.400. The molecule has 3 N–H and O–H groups in total. The van der Waals surface area contributed by atoms with E-state index in [-0.39, 0.29) is 12.4 Å². The second-order valence-electron chi connectivity index (χ2n) is 5.54. The zero-order valence-electron chi connectivity index (χ0n) is 11.8. The van der Waals surface area contributed by atoms with E-state index in [1.807, 2.05) is 6.07 Å². The Labute approximate surface area is 145 Å². The molecule has 0 radical (unpaired) electrons. The quantitative estimate of drug-likeness (QED) is 0.851. The van der Waals surface area contributed by atoms with Crippen molar-refractivity contribution in [3.63, 3.8) is 0 Å². The minimum Gasteiger partial charge on any atom is -0.329 e. The molecule has 4 nitrogen and oxygen atoms in total. The lowest BCUT2D eigenvalue weighted by Crippen LogP contribution is -2.51. The Morgan fingerprint density at radius 3 is 2.64 bits per heavy atom. The number of sulfonamides is 1. The number of nitrogens with one attached hydrogen (secondary N) is 1. The van der Waals surface area contributed by atoms with Crippen LogP contribution in [0.1, 0.15) is 25.7 Å². The van der Waals surface area contributed by atoms with Crippen LogP contribution >= 0.6 is 35.3 Å². The van der Waals surface area contributed by atoms with Crippen LogP contribution in [0.3, 0.4) is 0 Å². The third-order valence-corrected chi connectivity index (χ3v) is 7.06. The first kappa shape index (κ1) is 18.0. The van der Waals surface area contributed by atoms with Crippen molar-refractivity contribution in [2.24, 2.45) is 5.73 Å². The maximum absolute atomic E-state index is 12.7. The molecule has 3 rings (SSSR count). The summed E-state index contributed by atoms with van der Waals surface area (Å²) in [6.07, 6.45) is 3.61. The smallest absolute Gasteiger partial charge is 0.242 e. The van der Waals surface area contributed by atoms with Crippen molar-refractivity contribution in [1.29, 1.82) is 0 Å². The summed E-state index contributed by atoms with van der Waals surface area (Å²) in [4.78, 5) is 0.296. The highest BCUT2D eigenvalue weighted by molar-refractivity contribution is 7.90. The lowest BCUT2D eigenvalue weighted by Gasteiger charge is -2.28. The third kappa shape index (κ3) is 3.27. The Kier molecular flexibility index (Phi) is 5.42. The first-order valence-corrected chi connectivity index (χ1v) is 9.61. The van der Waals surface area contributed by atoms with Gasteiger partial charge in [-0.05, 0) is 31.0 Å². The van der Waals surface area contributed by atoms with Crippen LogP contribution in [0, 0.1) is 0 Å². The van der Waals surface area contributed by atoms with Crippen LogP contribution in [0.4, 0.5) is 0 Å². The van der Waals surface area contributed by atoms with Crippen molar-refractivity contribution in [1.82, 2.24) is 4.72 Å². The average Bonchev–Trinajstić information content (AvgIpc) is 3.05. The highest BCUT2D eigenvalue weighted by Crippen LogP contribution is 2.34. The fourth-order valence-corrected chi connectivity index (χ4v) is 6.04. The maximum atomic E-state index is 12.7. The van der Waals surface area contributed by atoms with Gasteiger partial charge in [0.15, 0.2) is 0 Å². The first-order chi connectivity index (χ1) is 9.96. The van der Waals surface area contributed by atoms with Crippen molar-refractivity contribution in [2.45, 2.75) is 36.1 Å². The van der Waals surface area contributed by atoms with Gasteiger partial charge in [0.05, 0.1) is 0 Å². The van der Waals surface area contributed by atoms with Crippen molar-refractivity contribution >= 4 is 55.5 Å². The molecule has 22 heavy (non-hydrogen) atoms. The summed E-state index contributed by atoms with van der Waals surface area (Å²) in [6.45, 7) is 0.328. The Morgan fingerprint density at radius 1 is 1.32 bits per heavy atom. The van der Waals surface area contributed by atoms with Gasteiger partial charge in [0.1, 0.15) is 4.90 Å². The topological polar surface area (TPSA) is 72.2 Å². The van der Waals surface area contributed by atoms with E-state index in [1.54, 1.807) is 17.5 Å². The van der Waals surface area contributed by atoms with Crippen LogP contribution in [0.2, 0.25) is 5.02 Å². The number of rotatable bonds is 4. The number of hydrogen-bond donors (Lipinski definition) is 2. The van der Waals surface area contributed by atoms with Gasteiger partial charge in [0.25, 0.3) is 0 Å². The van der Waals surface area contributed by atoms with E-state index in [4.69, 9.17) is 17.3 Å². The number of thiophene rings is 1. The van der Waals surface area contributed by atoms with E-state index in [1.165, 1.54) is 11.3 Å². The molecular formula is C14H18Cl2N2O2S2. The Morgan fingerprint density at radius 2 is 2.00 bits per heavy atom. The number of nitrogens with two attached hydrogens (primary N) is 1. The van der Waals surface area contributed by atoms with Crippen LogP contribution in [-0.2, 0) is 10.0 Å². The largest absolute Gasteiger partial charge is 0.329 e. The van der Waals surface area contributed by atoms with E-state index in [0.29, 0.717) is 21.8 Å². The predicted molar refractivity (Wildman–Crippen MR) is 94.7 cm³/mol. The maximum Gasteiger partial charge on any atom is 0.242 e. The van der Waals surface area contributed by atoms with Crippen molar-refractivity contribution in [3.8, 4) is 0 Å². The van der Waals surface area contributed by atoms with Gasteiger partial charge < -0.3 is 5.73 Å². The molecule has 1 aliphatic rings. The molecule has 0 spiro atoms. The van der Waals surface area contributed by atoms with Gasteiger partial charge in [-0.1, -0.05) is 24.4 Å². The molecule has 0 unspecified atom stereocenters. The standard InChI is InChI=1S/C14H17ClN2O2S2.ClH/c15-10-3-4-12-11(7-10)13(8-20-12)21(18,19)17-14(9-16)5-1-2-6-14;/h3-4,7-8,17H,1-2,5-6,9,16H2;1H. The molecule has 1 aliphatic carbocycles. The number of benzene rings is 1. The average molecular weight is 381 g/mol. The van der Waals surface area contributed by atoms with Crippen molar-refractivity contribution < 1.29 is 8.42 Å². The molecule has 1 fully saturated rings. The number of halogens is 2. The predicted octanol–water partition coefficient (Wildman–Crippen LogP) is 3.53. The van der Waals surface area contributed by atoms with E-state index < -0.39 is 15.6 Å². The minimum absolute atomic E-state index is 0. The molecule has 0 aliphatic heterocycles. The molecule has 0 amide bonds. The molecule has 0 atom stereocenters. The van der Waals surface area contributed by atoms with Gasteiger partial charge in [-0.2, -0.15) is 0 Å². The van der Waals surface area contributed by atoms with Crippen LogP contribution in [-0.4, -0.2) is 20.5 Å². The molecule has 122 valence electrons. The lowest BCUT2D eigenvalue weighted by atomic mass is 10.0. The third-order valence-electron chi connectivity index (χ3n) is 4.09. The molecule has 1 aromatic carbocycles. The summed E-state index contributed by atoms with van der Waals surface area (Å²) in [5.74, 6) is 0. The number of hydrogen-bond acceptors (Lipinski definition) is 4. The van der Waals surface area contributed by atoms with Crippen LogP contribution in [0.15, 0.2) is 28.5 Å². The van der Waals surface area contributed by atoms with Gasteiger partial charge in [-0.15, -0.1) is 23.7 Å². The molecule has 1 heterocycles. The van der Waals surface area contributed by atoms with Crippen molar-refractivity contribution in [2.75, 3.05) is 6.54 Å². The zero-order valence-corrected chi connectivity index (χ0v) is 15.0. The first-order valence-electron chi connectivity index (χ1n) is 6.87. The monoisotopic (exact) mass is 380 g/mol. The van der Waals surface area contributed by atoms with Crippen LogP contribution < -0.4 is 10.5 Å². The molecular weight excluding hydrogens is 363 g/mol. The Bertz CT molecular complexity index is 768. The van der Waals surface area contributed by atoms with Gasteiger partial charge in [-0.3, -0.25) is 0 Å². The molecule has 1 saturated carbocycles. The summed E-state index contributed by atoms with van der Waals surface area (Å²) in [5.41, 5.74) is 5.33. The highest BCUT2D eigenvalue weighted by Gasteiger charge is 2.37. The fourth-order valence-electron chi connectivity index (χ4n) is 2.93. The minimum atomic E-state index is -3.59. The Balaban J connectivity index is 0.00000176. The van der Waals surface area contributed by atoms with Gasteiger partial charge in [0.2, 0.25) is 10.0 Å². The van der Waals surface area contributed by atoms with Gasteiger partial charge in [0, 0.05) is 32.6 Å². The second kappa shape index (κ2) is 6.63. The summed E-state index contributed by atoms with van der Waals surface area (Å²) in [6, 6.07) is 5.31. The molecule has 0 saturated heterocycles. The van der Waals surface area contributed by atoms with Crippen molar-refractivity contribution in [3.05, 3.63) is 28.6 Å². The van der Waals surface area contributed by atoms with Crippen LogP contribution in [0.5, 0.6) is 0 Å². The molecule has 8 heteroatoms. The SMILES string of the molecule is Cl.NCC1(NS(=O)(=O)c2csc3ccc(Cl)cc23)CCCC1. The second-order valence-corrected chi connectivity index (χ2v) is 8.54. The number of fused-ring (bicyclic) bond motifs is 1. The van der Waals surface area contributed by atoms with E-state index in [2.05, 4.69) is 4.72 Å². The zero-order chi connectivity index (χ0) is 15.1. The highest BCUT2D eigenvalue weighted by atomic mass is 35.5.